The molecular weight excluding hydrogens is 388 g/mol. The standard InChI is InChI=1S/C23H21ClN2OS/c1-23(2,27)15-10-11-26-19(13-15)17-8-5-6-14-12-20(28-22(14)17)21(25)16-7-3-4-9-18(16)24/h3-13,21,27H,25H2,1-2H3/t21-/m1/s1. The molecule has 0 saturated carbocycles. The number of rotatable bonds is 4. The number of benzene rings is 2. The molecule has 5 heteroatoms. The fraction of sp³-hybridized carbons (Fsp3) is 0.174. The van der Waals surface area contributed by atoms with E-state index in [4.69, 9.17) is 17.3 Å². The summed E-state index contributed by atoms with van der Waals surface area (Å²) in [7, 11) is 0. The first-order valence-electron chi connectivity index (χ1n) is 9.06. The van der Waals surface area contributed by atoms with Gasteiger partial charge in [-0.15, -0.1) is 11.3 Å². The number of halogens is 1. The van der Waals surface area contributed by atoms with E-state index in [1.54, 1.807) is 31.4 Å². The third-order valence-electron chi connectivity index (χ3n) is 4.85. The number of pyridine rings is 1. The van der Waals surface area contributed by atoms with Gasteiger partial charge in [-0.1, -0.05) is 48.0 Å². The number of hydrogen-bond acceptors (Lipinski definition) is 4. The Kier molecular flexibility index (Phi) is 4.98. The molecule has 0 aliphatic rings. The van der Waals surface area contributed by atoms with Gasteiger partial charge >= 0.3 is 0 Å². The number of nitrogens with two attached hydrogens (primary N) is 1. The van der Waals surface area contributed by atoms with Crippen LogP contribution in [-0.2, 0) is 5.60 Å². The van der Waals surface area contributed by atoms with Gasteiger partial charge in [-0.3, -0.25) is 4.98 Å². The van der Waals surface area contributed by atoms with E-state index >= 15 is 0 Å². The van der Waals surface area contributed by atoms with Crippen molar-refractivity contribution in [2.45, 2.75) is 25.5 Å². The molecule has 0 spiro atoms. The zero-order chi connectivity index (χ0) is 19.9. The number of hydrogen-bond donors (Lipinski definition) is 2. The highest BCUT2D eigenvalue weighted by Crippen LogP contribution is 2.39. The summed E-state index contributed by atoms with van der Waals surface area (Å²) in [5.41, 5.74) is 9.23. The van der Waals surface area contributed by atoms with Crippen LogP contribution in [0, 0.1) is 0 Å². The van der Waals surface area contributed by atoms with E-state index in [0.29, 0.717) is 5.02 Å². The van der Waals surface area contributed by atoms with Gasteiger partial charge in [0.15, 0.2) is 0 Å². The average molecular weight is 409 g/mol. The van der Waals surface area contributed by atoms with Gasteiger partial charge < -0.3 is 10.8 Å². The van der Waals surface area contributed by atoms with Crippen LogP contribution in [0.15, 0.2) is 66.9 Å². The van der Waals surface area contributed by atoms with E-state index in [2.05, 4.69) is 23.2 Å². The maximum absolute atomic E-state index is 10.3. The third-order valence-corrected chi connectivity index (χ3v) is 6.46. The molecule has 0 aliphatic carbocycles. The molecule has 0 fully saturated rings. The van der Waals surface area contributed by atoms with Gasteiger partial charge in [0.05, 0.1) is 17.3 Å². The summed E-state index contributed by atoms with van der Waals surface area (Å²) in [6.07, 6.45) is 1.74. The van der Waals surface area contributed by atoms with Gasteiger partial charge in [-0.2, -0.15) is 0 Å². The smallest absolute Gasteiger partial charge is 0.0841 e. The van der Waals surface area contributed by atoms with Crippen LogP contribution < -0.4 is 5.73 Å². The fourth-order valence-corrected chi connectivity index (χ4v) is 4.73. The van der Waals surface area contributed by atoms with Crippen molar-refractivity contribution in [1.29, 1.82) is 0 Å². The van der Waals surface area contributed by atoms with Gasteiger partial charge in [0.25, 0.3) is 0 Å². The van der Waals surface area contributed by atoms with Crippen LogP contribution in [0.4, 0.5) is 0 Å². The van der Waals surface area contributed by atoms with Crippen molar-refractivity contribution < 1.29 is 5.11 Å². The lowest BCUT2D eigenvalue weighted by atomic mass is 9.97. The highest BCUT2D eigenvalue weighted by Gasteiger charge is 2.19. The van der Waals surface area contributed by atoms with E-state index in [0.717, 1.165) is 37.3 Å². The summed E-state index contributed by atoms with van der Waals surface area (Å²) >= 11 is 8.00. The van der Waals surface area contributed by atoms with Crippen LogP contribution in [0.2, 0.25) is 5.02 Å². The Labute approximate surface area is 173 Å². The summed E-state index contributed by atoms with van der Waals surface area (Å²) in [5.74, 6) is 0. The Hall–Kier alpha value is -2.24. The van der Waals surface area contributed by atoms with Crippen molar-refractivity contribution in [1.82, 2.24) is 4.98 Å². The summed E-state index contributed by atoms with van der Waals surface area (Å²) in [5, 5.41) is 12.1. The third kappa shape index (κ3) is 3.56. The lowest BCUT2D eigenvalue weighted by Gasteiger charge is -2.18. The number of thiophene rings is 1. The molecule has 3 N–H and O–H groups in total. The molecule has 0 bridgehead atoms. The molecule has 142 valence electrons. The molecule has 28 heavy (non-hydrogen) atoms. The van der Waals surface area contributed by atoms with Crippen LogP contribution in [-0.4, -0.2) is 10.1 Å². The largest absolute Gasteiger partial charge is 0.386 e. The first-order valence-corrected chi connectivity index (χ1v) is 10.3. The fourth-order valence-electron chi connectivity index (χ4n) is 3.28. The molecule has 0 unspecified atom stereocenters. The highest BCUT2D eigenvalue weighted by molar-refractivity contribution is 7.19. The quantitative estimate of drug-likeness (QED) is 0.442. The second-order valence-electron chi connectivity index (χ2n) is 7.36. The average Bonchev–Trinajstić information content (AvgIpc) is 3.11. The van der Waals surface area contributed by atoms with Crippen molar-refractivity contribution in [3.63, 3.8) is 0 Å². The Bertz CT molecular complexity index is 1150. The van der Waals surface area contributed by atoms with Gasteiger partial charge in [-0.05, 0) is 54.6 Å². The molecule has 1 atom stereocenters. The van der Waals surface area contributed by atoms with Gasteiger partial charge in [0, 0.05) is 26.4 Å². The SMILES string of the molecule is CC(C)(O)c1ccnc(-c2cccc3cc([C@H](N)c4ccccc4Cl)sc23)c1. The van der Waals surface area contributed by atoms with Gasteiger partial charge in [-0.25, -0.2) is 0 Å². The van der Waals surface area contributed by atoms with E-state index in [-0.39, 0.29) is 6.04 Å². The van der Waals surface area contributed by atoms with Crippen LogP contribution >= 0.6 is 22.9 Å². The molecule has 0 radical (unpaired) electrons. The van der Waals surface area contributed by atoms with E-state index in [9.17, 15) is 5.11 Å². The van der Waals surface area contributed by atoms with Crippen molar-refractivity contribution in [2.75, 3.05) is 0 Å². The first kappa shape index (κ1) is 19.1. The van der Waals surface area contributed by atoms with Crippen LogP contribution in [0.1, 0.15) is 35.9 Å². The van der Waals surface area contributed by atoms with E-state index < -0.39 is 5.60 Å². The second kappa shape index (κ2) is 7.30. The molecule has 2 aromatic carbocycles. The molecule has 0 amide bonds. The van der Waals surface area contributed by atoms with Crippen LogP contribution in [0.5, 0.6) is 0 Å². The minimum atomic E-state index is -0.918. The molecule has 0 aliphatic heterocycles. The summed E-state index contributed by atoms with van der Waals surface area (Å²) in [6.45, 7) is 3.55. The Balaban J connectivity index is 1.82. The van der Waals surface area contributed by atoms with Crippen molar-refractivity contribution in [2.24, 2.45) is 5.73 Å². The molecule has 2 heterocycles. The highest BCUT2D eigenvalue weighted by atomic mass is 35.5. The number of nitrogens with zero attached hydrogens (tertiary/aromatic N) is 1. The normalized spacial score (nSPS) is 13.0. The Morgan fingerprint density at radius 1 is 1.07 bits per heavy atom. The molecule has 0 saturated heterocycles. The predicted octanol–water partition coefficient (Wildman–Crippen LogP) is 5.89. The topological polar surface area (TPSA) is 59.1 Å². The zero-order valence-electron chi connectivity index (χ0n) is 15.7. The first-order chi connectivity index (χ1) is 13.3. The van der Waals surface area contributed by atoms with E-state index in [1.165, 1.54) is 0 Å². The van der Waals surface area contributed by atoms with Crippen LogP contribution in [0.3, 0.4) is 0 Å². The summed E-state index contributed by atoms with van der Waals surface area (Å²) < 4.78 is 1.13. The Morgan fingerprint density at radius 2 is 1.86 bits per heavy atom. The van der Waals surface area contributed by atoms with Gasteiger partial charge in [0.2, 0.25) is 0 Å². The minimum absolute atomic E-state index is 0.283. The summed E-state index contributed by atoms with van der Waals surface area (Å²) in [4.78, 5) is 5.59. The number of aromatic nitrogens is 1. The van der Waals surface area contributed by atoms with E-state index in [1.807, 2.05) is 42.5 Å². The molecular formula is C23H21ClN2OS. The molecule has 3 nitrogen and oxygen atoms in total. The number of fused-ring (bicyclic) bond motifs is 1. The predicted molar refractivity (Wildman–Crippen MR) is 118 cm³/mol. The lowest BCUT2D eigenvalue weighted by molar-refractivity contribution is 0.0785. The maximum atomic E-state index is 10.3. The second-order valence-corrected chi connectivity index (χ2v) is 8.85. The lowest BCUT2D eigenvalue weighted by Crippen LogP contribution is -2.15. The Morgan fingerprint density at radius 3 is 2.61 bits per heavy atom. The van der Waals surface area contributed by atoms with Crippen LogP contribution in [0.25, 0.3) is 21.3 Å². The minimum Gasteiger partial charge on any atom is -0.386 e. The molecule has 4 rings (SSSR count). The summed E-state index contributed by atoms with van der Waals surface area (Å²) in [6, 6.07) is 19.5. The monoisotopic (exact) mass is 408 g/mol. The molecule has 4 aromatic rings. The van der Waals surface area contributed by atoms with Crippen molar-refractivity contribution in [3.8, 4) is 11.3 Å². The maximum Gasteiger partial charge on any atom is 0.0841 e. The zero-order valence-corrected chi connectivity index (χ0v) is 17.3. The van der Waals surface area contributed by atoms with Crippen molar-refractivity contribution >= 4 is 33.0 Å². The van der Waals surface area contributed by atoms with Gasteiger partial charge in [0.1, 0.15) is 0 Å². The van der Waals surface area contributed by atoms with Crippen molar-refractivity contribution in [3.05, 3.63) is 87.9 Å². The number of aliphatic hydroxyl groups is 1. The molecule has 2 aromatic heterocycles.